The van der Waals surface area contributed by atoms with E-state index in [1.54, 1.807) is 12.1 Å². The zero-order valence-corrected chi connectivity index (χ0v) is 25.9. The molecule has 238 valence electrons. The Morgan fingerprint density at radius 2 is 0.520 bits per heavy atom. The topological polar surface area (TPSA) is 156 Å². The number of nitrogens with zero attached hydrogens (tertiary/aromatic N) is 8. The summed E-state index contributed by atoms with van der Waals surface area (Å²) in [5.74, 6) is 2.06. The summed E-state index contributed by atoms with van der Waals surface area (Å²) in [6, 6.07) is 41.5. The number of hydrogen-bond acceptors (Lipinski definition) is 12. The van der Waals surface area contributed by atoms with E-state index in [2.05, 4.69) is 40.8 Å². The summed E-state index contributed by atoms with van der Waals surface area (Å²) in [5.41, 5.74) is 4.86. The highest BCUT2D eigenvalue weighted by Gasteiger charge is 2.29. The molecule has 0 atom stereocenters. The smallest absolute Gasteiger partial charge is 0.249 e. The van der Waals surface area contributed by atoms with Gasteiger partial charge in [-0.3, -0.25) is 0 Å². The average Bonchev–Trinajstić information content (AvgIpc) is 4.03. The van der Waals surface area contributed by atoms with Crippen LogP contribution in [0.5, 0.6) is 0 Å². The molecule has 9 aromatic rings. The molecule has 0 saturated carbocycles. The Bertz CT molecular complexity index is 2450. The van der Waals surface area contributed by atoms with Crippen LogP contribution in [-0.4, -0.2) is 40.8 Å². The maximum atomic E-state index is 6.32. The zero-order chi connectivity index (χ0) is 33.3. The molecule has 12 heteroatoms. The van der Waals surface area contributed by atoms with Crippen LogP contribution in [0.15, 0.2) is 151 Å². The highest BCUT2D eigenvalue weighted by atomic mass is 16.4. The van der Waals surface area contributed by atoms with E-state index in [0.29, 0.717) is 45.8 Å². The minimum Gasteiger partial charge on any atom is -0.416 e. The van der Waals surface area contributed by atoms with Gasteiger partial charge in [-0.15, -0.1) is 40.8 Å². The first-order chi connectivity index (χ1) is 24.8. The van der Waals surface area contributed by atoms with Crippen molar-refractivity contribution < 1.29 is 17.7 Å². The van der Waals surface area contributed by atoms with Crippen molar-refractivity contribution in [1.82, 2.24) is 40.8 Å². The first kappa shape index (κ1) is 28.8. The van der Waals surface area contributed by atoms with Crippen LogP contribution in [0.3, 0.4) is 0 Å². The van der Waals surface area contributed by atoms with Crippen LogP contribution >= 0.6 is 0 Å². The Morgan fingerprint density at radius 3 is 0.880 bits per heavy atom. The molecule has 0 aliphatic heterocycles. The molecule has 0 radical (unpaired) electrons. The van der Waals surface area contributed by atoms with Gasteiger partial charge in [0.05, 0.1) is 16.7 Å². The van der Waals surface area contributed by atoms with E-state index >= 15 is 0 Å². The van der Waals surface area contributed by atoms with Crippen LogP contribution in [0.25, 0.3) is 91.6 Å². The normalized spacial score (nSPS) is 11.2. The molecule has 9 rings (SSSR count). The van der Waals surface area contributed by atoms with Crippen molar-refractivity contribution in [3.8, 4) is 91.6 Å². The number of benzene rings is 5. The van der Waals surface area contributed by atoms with E-state index in [-0.39, 0.29) is 23.6 Å². The maximum Gasteiger partial charge on any atom is 0.249 e. The molecule has 0 aliphatic carbocycles. The molecular formula is C38H22N8O4. The van der Waals surface area contributed by atoms with E-state index in [1.807, 2.05) is 121 Å². The largest absolute Gasteiger partial charge is 0.416 e. The lowest BCUT2D eigenvalue weighted by molar-refractivity contribution is 0.572. The quantitative estimate of drug-likeness (QED) is 0.154. The molecular weight excluding hydrogens is 632 g/mol. The molecule has 4 heterocycles. The van der Waals surface area contributed by atoms with Gasteiger partial charge in [-0.05, 0) is 60.7 Å². The van der Waals surface area contributed by atoms with Crippen molar-refractivity contribution in [2.24, 2.45) is 0 Å². The lowest BCUT2D eigenvalue weighted by atomic mass is 9.96. The van der Waals surface area contributed by atoms with Gasteiger partial charge in [-0.25, -0.2) is 0 Å². The lowest BCUT2D eigenvalue weighted by Gasteiger charge is -2.10. The van der Waals surface area contributed by atoms with Gasteiger partial charge in [0.1, 0.15) is 0 Å². The minimum absolute atomic E-state index is 0.162. The van der Waals surface area contributed by atoms with Gasteiger partial charge < -0.3 is 17.7 Å². The lowest BCUT2D eigenvalue weighted by Crippen LogP contribution is -1.94. The van der Waals surface area contributed by atoms with Crippen molar-refractivity contribution in [3.63, 3.8) is 0 Å². The van der Waals surface area contributed by atoms with Gasteiger partial charge in [-0.2, -0.15) is 0 Å². The van der Waals surface area contributed by atoms with Crippen LogP contribution in [-0.2, 0) is 0 Å². The molecule has 0 saturated heterocycles. The summed E-state index contributed by atoms with van der Waals surface area (Å²) >= 11 is 0. The van der Waals surface area contributed by atoms with Crippen molar-refractivity contribution in [2.45, 2.75) is 0 Å². The molecule has 0 spiro atoms. The molecule has 0 amide bonds. The highest BCUT2D eigenvalue weighted by Crippen LogP contribution is 2.43. The van der Waals surface area contributed by atoms with E-state index in [9.17, 15) is 0 Å². The molecule has 0 N–H and O–H groups in total. The van der Waals surface area contributed by atoms with E-state index in [0.717, 1.165) is 22.3 Å². The Hall–Kier alpha value is -7.34. The first-order valence-electron chi connectivity index (χ1n) is 15.5. The summed E-state index contributed by atoms with van der Waals surface area (Å²) in [5, 5.41) is 35.1. The molecule has 50 heavy (non-hydrogen) atoms. The fourth-order valence-electron chi connectivity index (χ4n) is 5.45. The second-order valence-corrected chi connectivity index (χ2v) is 11.1. The average molecular weight is 655 g/mol. The predicted octanol–water partition coefficient (Wildman–Crippen LogP) is 8.55. The Labute approximate surface area is 283 Å². The van der Waals surface area contributed by atoms with Gasteiger partial charge in [0.2, 0.25) is 47.1 Å². The van der Waals surface area contributed by atoms with E-state index < -0.39 is 0 Å². The molecule has 0 fully saturated rings. The molecule has 5 aromatic carbocycles. The Balaban J connectivity index is 1.28. The van der Waals surface area contributed by atoms with E-state index in [1.165, 1.54) is 0 Å². The zero-order valence-electron chi connectivity index (χ0n) is 25.9. The van der Waals surface area contributed by atoms with Gasteiger partial charge in [-0.1, -0.05) is 72.8 Å². The summed E-state index contributed by atoms with van der Waals surface area (Å²) in [6.07, 6.45) is 0. The molecule has 0 unspecified atom stereocenters. The second kappa shape index (κ2) is 12.4. The van der Waals surface area contributed by atoms with Gasteiger partial charge in [0, 0.05) is 27.8 Å². The van der Waals surface area contributed by atoms with Crippen LogP contribution in [0.4, 0.5) is 0 Å². The van der Waals surface area contributed by atoms with E-state index in [4.69, 9.17) is 17.7 Å². The van der Waals surface area contributed by atoms with Crippen LogP contribution in [0.2, 0.25) is 0 Å². The van der Waals surface area contributed by atoms with Gasteiger partial charge in [0.15, 0.2) is 0 Å². The SMILES string of the molecule is c1ccc(-c2nnc(-c3cc(-c4nnc(-c5ccccc5)o4)c(-c4nnc(-c5ccccc5)o4)c(-c4nnc(-c5ccccc5)o4)c3)o2)cc1. The Morgan fingerprint density at radius 1 is 0.260 bits per heavy atom. The van der Waals surface area contributed by atoms with Crippen molar-refractivity contribution in [1.29, 1.82) is 0 Å². The fraction of sp³-hybridized carbons (Fsp3) is 0. The minimum atomic E-state index is 0.162. The van der Waals surface area contributed by atoms with Crippen molar-refractivity contribution in [3.05, 3.63) is 133 Å². The second-order valence-electron chi connectivity index (χ2n) is 11.1. The predicted molar refractivity (Wildman–Crippen MR) is 181 cm³/mol. The third-order valence-corrected chi connectivity index (χ3v) is 7.84. The molecule has 0 aliphatic rings. The highest BCUT2D eigenvalue weighted by molar-refractivity contribution is 5.91. The fourth-order valence-corrected chi connectivity index (χ4v) is 5.45. The summed E-state index contributed by atoms with van der Waals surface area (Å²) in [7, 11) is 0. The molecule has 4 aromatic heterocycles. The third-order valence-electron chi connectivity index (χ3n) is 7.84. The number of aromatic nitrogens is 8. The standard InChI is InChI=1S/C38H22N8O4/c1-5-13-23(14-6-1)31-39-43-35(47-31)27-21-28(36-44-40-32(48-36)24-15-7-2-8-16-24)30(38-46-42-34(50-38)26-19-11-4-12-20-26)29(22-27)37-45-41-33(49-37)25-17-9-3-10-18-25/h1-22H. The number of hydrogen-bond donors (Lipinski definition) is 0. The van der Waals surface area contributed by atoms with Crippen molar-refractivity contribution in [2.75, 3.05) is 0 Å². The number of rotatable bonds is 8. The van der Waals surface area contributed by atoms with Crippen LogP contribution in [0.1, 0.15) is 0 Å². The van der Waals surface area contributed by atoms with Crippen molar-refractivity contribution >= 4 is 0 Å². The van der Waals surface area contributed by atoms with Gasteiger partial charge in [0.25, 0.3) is 0 Å². The molecule has 0 bridgehead atoms. The first-order valence-corrected chi connectivity index (χ1v) is 15.5. The van der Waals surface area contributed by atoms with Gasteiger partial charge >= 0.3 is 0 Å². The van der Waals surface area contributed by atoms with Crippen LogP contribution in [0, 0.1) is 0 Å². The molecule has 12 nitrogen and oxygen atoms in total. The maximum absolute atomic E-state index is 6.32. The monoisotopic (exact) mass is 654 g/mol. The summed E-state index contributed by atoms with van der Waals surface area (Å²) in [6.45, 7) is 0. The summed E-state index contributed by atoms with van der Waals surface area (Å²) in [4.78, 5) is 0. The summed E-state index contributed by atoms with van der Waals surface area (Å²) < 4.78 is 25.1. The van der Waals surface area contributed by atoms with Crippen LogP contribution < -0.4 is 0 Å². The third kappa shape index (κ3) is 5.42. The Kier molecular flexibility index (Phi) is 7.13.